The van der Waals surface area contributed by atoms with Crippen LogP contribution in [0.2, 0.25) is 0 Å². The summed E-state index contributed by atoms with van der Waals surface area (Å²) in [5.74, 6) is 0.921. The van der Waals surface area contributed by atoms with Gasteiger partial charge in [0.25, 0.3) is 0 Å². The molecule has 1 aromatic heterocycles. The van der Waals surface area contributed by atoms with Crippen LogP contribution in [0, 0.1) is 6.92 Å². The van der Waals surface area contributed by atoms with Gasteiger partial charge in [-0.1, -0.05) is 29.8 Å². The molecule has 0 saturated carbocycles. The first-order valence-electron chi connectivity index (χ1n) is 9.94. The molecule has 4 rings (SSSR count). The molecule has 6 heteroatoms. The van der Waals surface area contributed by atoms with Gasteiger partial charge < -0.3 is 10.5 Å². The Labute approximate surface area is 190 Å². The second-order valence-corrected chi connectivity index (χ2v) is 7.44. The molecular formula is C24H29Cl2N3O. The highest BCUT2D eigenvalue weighted by atomic mass is 35.5. The topological polar surface area (TPSA) is 51.4 Å². The SMILES string of the molecule is Cc1ccc2c(OCCN3CCC(=Cc4cccc(N)c4)CC3)cccc2n1.Cl.Cl. The van der Waals surface area contributed by atoms with E-state index in [9.17, 15) is 0 Å². The zero-order valence-electron chi connectivity index (χ0n) is 17.2. The molecule has 0 spiro atoms. The van der Waals surface area contributed by atoms with E-state index in [0.717, 1.165) is 60.5 Å². The number of hydrogen-bond donors (Lipinski definition) is 1. The minimum atomic E-state index is 0. The largest absolute Gasteiger partial charge is 0.492 e. The highest BCUT2D eigenvalue weighted by molar-refractivity contribution is 5.86. The highest BCUT2D eigenvalue weighted by Crippen LogP contribution is 2.25. The van der Waals surface area contributed by atoms with E-state index in [1.807, 2.05) is 49.4 Å². The zero-order valence-corrected chi connectivity index (χ0v) is 18.8. The van der Waals surface area contributed by atoms with Crippen LogP contribution in [0.25, 0.3) is 17.0 Å². The van der Waals surface area contributed by atoms with Crippen molar-refractivity contribution in [3.63, 3.8) is 0 Å². The van der Waals surface area contributed by atoms with E-state index in [2.05, 4.69) is 28.1 Å². The molecule has 0 bridgehead atoms. The summed E-state index contributed by atoms with van der Waals surface area (Å²) in [6.45, 7) is 5.81. The maximum atomic E-state index is 6.09. The Morgan fingerprint density at radius 3 is 2.57 bits per heavy atom. The minimum Gasteiger partial charge on any atom is -0.492 e. The Morgan fingerprint density at radius 1 is 1.03 bits per heavy atom. The summed E-state index contributed by atoms with van der Waals surface area (Å²) in [6, 6.07) is 18.3. The Hall–Kier alpha value is -2.27. The van der Waals surface area contributed by atoms with Gasteiger partial charge in [0.15, 0.2) is 0 Å². The van der Waals surface area contributed by atoms with Crippen molar-refractivity contribution >= 4 is 47.5 Å². The molecule has 4 nitrogen and oxygen atoms in total. The van der Waals surface area contributed by atoms with E-state index in [1.54, 1.807) is 0 Å². The van der Waals surface area contributed by atoms with Crippen LogP contribution in [0.4, 0.5) is 5.69 Å². The molecule has 1 fully saturated rings. The number of nitrogens with zero attached hydrogens (tertiary/aromatic N) is 2. The van der Waals surface area contributed by atoms with Crippen molar-refractivity contribution in [3.8, 4) is 5.75 Å². The second kappa shape index (κ2) is 11.2. The van der Waals surface area contributed by atoms with E-state index in [-0.39, 0.29) is 24.8 Å². The number of benzene rings is 2. The van der Waals surface area contributed by atoms with Gasteiger partial charge in [-0.05, 0) is 61.7 Å². The number of likely N-dealkylation sites (tertiary alicyclic amines) is 1. The normalized spacial score (nSPS) is 14.0. The van der Waals surface area contributed by atoms with E-state index in [1.165, 1.54) is 11.1 Å². The summed E-state index contributed by atoms with van der Waals surface area (Å²) in [6.07, 6.45) is 4.49. The van der Waals surface area contributed by atoms with Crippen molar-refractivity contribution in [2.45, 2.75) is 19.8 Å². The highest BCUT2D eigenvalue weighted by Gasteiger charge is 2.14. The van der Waals surface area contributed by atoms with Crippen molar-refractivity contribution < 1.29 is 4.74 Å². The number of halogens is 2. The zero-order chi connectivity index (χ0) is 19.3. The summed E-state index contributed by atoms with van der Waals surface area (Å²) in [5.41, 5.74) is 11.4. The van der Waals surface area contributed by atoms with Crippen molar-refractivity contribution in [2.75, 3.05) is 32.0 Å². The third-order valence-corrected chi connectivity index (χ3v) is 5.28. The van der Waals surface area contributed by atoms with Gasteiger partial charge in [-0.15, -0.1) is 24.8 Å². The van der Waals surface area contributed by atoms with Crippen LogP contribution < -0.4 is 10.5 Å². The number of aromatic nitrogens is 1. The molecular weight excluding hydrogens is 417 g/mol. The van der Waals surface area contributed by atoms with Crippen LogP contribution in [0.15, 0.2) is 60.2 Å². The lowest BCUT2D eigenvalue weighted by Crippen LogP contribution is -2.34. The van der Waals surface area contributed by atoms with Gasteiger partial charge in [-0.2, -0.15) is 0 Å². The molecule has 2 heterocycles. The smallest absolute Gasteiger partial charge is 0.128 e. The summed E-state index contributed by atoms with van der Waals surface area (Å²) in [5, 5.41) is 1.08. The van der Waals surface area contributed by atoms with Gasteiger partial charge in [-0.25, -0.2) is 0 Å². The number of ether oxygens (including phenoxy) is 1. The Morgan fingerprint density at radius 2 is 1.80 bits per heavy atom. The first-order chi connectivity index (χ1) is 13.7. The van der Waals surface area contributed by atoms with Crippen molar-refractivity contribution in [3.05, 3.63) is 71.4 Å². The van der Waals surface area contributed by atoms with E-state index in [4.69, 9.17) is 10.5 Å². The molecule has 30 heavy (non-hydrogen) atoms. The van der Waals surface area contributed by atoms with Crippen LogP contribution in [0.1, 0.15) is 24.1 Å². The number of anilines is 1. The number of piperidine rings is 1. The number of fused-ring (bicyclic) bond motifs is 1. The quantitative estimate of drug-likeness (QED) is 0.524. The minimum absolute atomic E-state index is 0. The Kier molecular flexibility index (Phi) is 8.97. The number of hydrogen-bond acceptors (Lipinski definition) is 4. The summed E-state index contributed by atoms with van der Waals surface area (Å²) in [4.78, 5) is 7.05. The molecule has 2 aromatic carbocycles. The van der Waals surface area contributed by atoms with Gasteiger partial charge >= 0.3 is 0 Å². The maximum absolute atomic E-state index is 6.09. The fourth-order valence-electron chi connectivity index (χ4n) is 3.73. The fourth-order valence-corrected chi connectivity index (χ4v) is 3.73. The monoisotopic (exact) mass is 445 g/mol. The Bertz CT molecular complexity index is 997. The van der Waals surface area contributed by atoms with Crippen LogP contribution in [0.3, 0.4) is 0 Å². The molecule has 3 aromatic rings. The van der Waals surface area contributed by atoms with Gasteiger partial charge in [0, 0.05) is 36.4 Å². The van der Waals surface area contributed by atoms with E-state index >= 15 is 0 Å². The van der Waals surface area contributed by atoms with E-state index < -0.39 is 0 Å². The van der Waals surface area contributed by atoms with Crippen molar-refractivity contribution in [1.29, 1.82) is 0 Å². The van der Waals surface area contributed by atoms with Crippen LogP contribution in [-0.4, -0.2) is 36.1 Å². The average molecular weight is 446 g/mol. The molecule has 2 N–H and O–H groups in total. The first kappa shape index (κ1) is 24.0. The Balaban J connectivity index is 0.00000160. The maximum Gasteiger partial charge on any atom is 0.128 e. The van der Waals surface area contributed by atoms with Crippen molar-refractivity contribution in [1.82, 2.24) is 9.88 Å². The average Bonchev–Trinajstić information content (AvgIpc) is 2.69. The second-order valence-electron chi connectivity index (χ2n) is 7.44. The predicted molar refractivity (Wildman–Crippen MR) is 131 cm³/mol. The molecule has 0 aliphatic carbocycles. The molecule has 1 saturated heterocycles. The number of aryl methyl sites for hydroxylation is 1. The van der Waals surface area contributed by atoms with Crippen LogP contribution >= 0.6 is 24.8 Å². The van der Waals surface area contributed by atoms with Gasteiger partial charge in [0.2, 0.25) is 0 Å². The third-order valence-electron chi connectivity index (χ3n) is 5.28. The van der Waals surface area contributed by atoms with Crippen LogP contribution in [0.5, 0.6) is 5.75 Å². The molecule has 0 amide bonds. The summed E-state index contributed by atoms with van der Waals surface area (Å²) < 4.78 is 6.09. The first-order valence-corrected chi connectivity index (χ1v) is 9.94. The number of pyridine rings is 1. The lowest BCUT2D eigenvalue weighted by atomic mass is 10.0. The number of nitrogen functional groups attached to an aromatic ring is 1. The lowest BCUT2D eigenvalue weighted by Gasteiger charge is -2.28. The standard InChI is InChI=1S/C24H27N3O.2ClH/c1-18-8-9-22-23(26-18)6-3-7-24(22)28-15-14-27-12-10-19(11-13-27)16-20-4-2-5-21(25)17-20;;/h2-9,16-17H,10-15,25H2,1H3;2*1H. The number of nitrogens with two attached hydrogens (primary N) is 1. The molecule has 1 aliphatic rings. The number of rotatable bonds is 5. The summed E-state index contributed by atoms with van der Waals surface area (Å²) >= 11 is 0. The molecule has 0 unspecified atom stereocenters. The molecule has 0 radical (unpaired) electrons. The predicted octanol–water partition coefficient (Wildman–Crippen LogP) is 5.53. The van der Waals surface area contributed by atoms with Gasteiger partial charge in [0.1, 0.15) is 12.4 Å². The van der Waals surface area contributed by atoms with E-state index in [0.29, 0.717) is 6.61 Å². The van der Waals surface area contributed by atoms with Gasteiger partial charge in [-0.3, -0.25) is 9.88 Å². The lowest BCUT2D eigenvalue weighted by molar-refractivity contribution is 0.200. The summed E-state index contributed by atoms with van der Waals surface area (Å²) in [7, 11) is 0. The molecule has 0 atom stereocenters. The molecule has 1 aliphatic heterocycles. The van der Waals surface area contributed by atoms with Gasteiger partial charge in [0.05, 0.1) is 5.52 Å². The van der Waals surface area contributed by atoms with Crippen LogP contribution in [-0.2, 0) is 0 Å². The third kappa shape index (κ3) is 6.11. The fraction of sp³-hybridized carbons (Fsp3) is 0.292. The van der Waals surface area contributed by atoms with Crippen molar-refractivity contribution in [2.24, 2.45) is 0 Å². The molecule has 160 valence electrons.